The number of para-hydroxylation sites is 1. The summed E-state index contributed by atoms with van der Waals surface area (Å²) in [6, 6.07) is 13.9. The fourth-order valence-electron chi connectivity index (χ4n) is 3.33. The zero-order valence-corrected chi connectivity index (χ0v) is 19.8. The number of sulfonamides is 1. The molecule has 1 unspecified atom stereocenters. The molecule has 1 atom stereocenters. The highest BCUT2D eigenvalue weighted by atomic mass is 32.2. The van der Waals surface area contributed by atoms with Gasteiger partial charge in [-0.15, -0.1) is 5.10 Å². The van der Waals surface area contributed by atoms with Crippen LogP contribution in [0.5, 0.6) is 0 Å². The molecule has 1 N–H and O–H groups in total. The molecular formula is C21H24N6O4S2. The molecule has 33 heavy (non-hydrogen) atoms. The Labute approximate surface area is 196 Å². The van der Waals surface area contributed by atoms with Gasteiger partial charge in [0.15, 0.2) is 0 Å². The molecule has 4 rings (SSSR count). The summed E-state index contributed by atoms with van der Waals surface area (Å²) < 4.78 is 34.0. The lowest BCUT2D eigenvalue weighted by molar-refractivity contribution is -0.115. The van der Waals surface area contributed by atoms with Crippen LogP contribution in [0.1, 0.15) is 12.5 Å². The molecule has 3 aromatic rings. The zero-order valence-electron chi connectivity index (χ0n) is 18.2. The van der Waals surface area contributed by atoms with Gasteiger partial charge < -0.3 is 10.1 Å². The number of hydrogen-bond acceptors (Lipinski definition) is 8. The maximum Gasteiger partial charge on any atom is 0.243 e. The van der Waals surface area contributed by atoms with Gasteiger partial charge in [-0.1, -0.05) is 36.0 Å². The highest BCUT2D eigenvalue weighted by Crippen LogP contribution is 2.26. The van der Waals surface area contributed by atoms with Crippen molar-refractivity contribution in [3.63, 3.8) is 0 Å². The number of ether oxygens (including phenoxy) is 1. The first kappa shape index (κ1) is 23.4. The second-order valence-electron chi connectivity index (χ2n) is 7.45. The van der Waals surface area contributed by atoms with Crippen molar-refractivity contribution in [2.45, 2.75) is 29.1 Å². The van der Waals surface area contributed by atoms with Crippen molar-refractivity contribution in [3.8, 4) is 5.69 Å². The van der Waals surface area contributed by atoms with Crippen LogP contribution in [0.2, 0.25) is 0 Å². The molecular weight excluding hydrogens is 464 g/mol. The number of nitrogens with one attached hydrogen (secondary N) is 1. The van der Waals surface area contributed by atoms with Gasteiger partial charge >= 0.3 is 0 Å². The molecule has 12 heteroatoms. The topological polar surface area (TPSA) is 119 Å². The van der Waals surface area contributed by atoms with E-state index in [0.29, 0.717) is 37.1 Å². The highest BCUT2D eigenvalue weighted by molar-refractivity contribution is 8.00. The third kappa shape index (κ3) is 5.24. The van der Waals surface area contributed by atoms with Crippen LogP contribution in [0.4, 0.5) is 5.69 Å². The Morgan fingerprint density at radius 1 is 1.15 bits per heavy atom. The quantitative estimate of drug-likeness (QED) is 0.502. The molecule has 1 aromatic heterocycles. The monoisotopic (exact) mass is 488 g/mol. The lowest BCUT2D eigenvalue weighted by Crippen LogP contribution is -2.40. The van der Waals surface area contributed by atoms with Crippen molar-refractivity contribution in [2.75, 3.05) is 31.6 Å². The van der Waals surface area contributed by atoms with Crippen LogP contribution in [0.3, 0.4) is 0 Å². The maximum absolute atomic E-state index is 12.9. The Bertz CT molecular complexity index is 1240. The number of aromatic nitrogens is 4. The van der Waals surface area contributed by atoms with E-state index in [1.54, 1.807) is 23.7 Å². The summed E-state index contributed by atoms with van der Waals surface area (Å²) in [4.78, 5) is 13.0. The lowest BCUT2D eigenvalue weighted by Gasteiger charge is -2.26. The van der Waals surface area contributed by atoms with E-state index in [0.717, 1.165) is 11.3 Å². The van der Waals surface area contributed by atoms with Crippen molar-refractivity contribution >= 4 is 33.4 Å². The van der Waals surface area contributed by atoms with Gasteiger partial charge in [0.2, 0.25) is 21.1 Å². The molecule has 0 saturated carbocycles. The van der Waals surface area contributed by atoms with Crippen molar-refractivity contribution < 1.29 is 17.9 Å². The number of thioether (sulfide) groups is 1. The van der Waals surface area contributed by atoms with E-state index >= 15 is 0 Å². The van der Waals surface area contributed by atoms with Gasteiger partial charge in [-0.2, -0.15) is 8.99 Å². The summed E-state index contributed by atoms with van der Waals surface area (Å²) in [6.45, 7) is 5.05. The number of morpholine rings is 1. The van der Waals surface area contributed by atoms with E-state index in [1.807, 2.05) is 31.2 Å². The number of amides is 1. The average Bonchev–Trinajstić information content (AvgIpc) is 3.28. The summed E-state index contributed by atoms with van der Waals surface area (Å²) in [5, 5.41) is 14.6. The Balaban J connectivity index is 1.46. The normalized spacial score (nSPS) is 15.8. The Morgan fingerprint density at radius 2 is 1.91 bits per heavy atom. The highest BCUT2D eigenvalue weighted by Gasteiger charge is 2.27. The van der Waals surface area contributed by atoms with Crippen molar-refractivity contribution in [1.82, 2.24) is 24.5 Å². The van der Waals surface area contributed by atoms with Gasteiger partial charge in [-0.05, 0) is 54.1 Å². The molecule has 1 fully saturated rings. The Hall–Kier alpha value is -2.80. The molecule has 1 amide bonds. The number of aryl methyl sites for hydroxylation is 1. The van der Waals surface area contributed by atoms with Crippen LogP contribution in [0, 0.1) is 6.92 Å². The van der Waals surface area contributed by atoms with Gasteiger partial charge in [0.1, 0.15) is 0 Å². The Morgan fingerprint density at radius 3 is 2.67 bits per heavy atom. The number of hydrogen-bond donors (Lipinski definition) is 1. The predicted molar refractivity (Wildman–Crippen MR) is 124 cm³/mol. The first-order valence-electron chi connectivity index (χ1n) is 10.4. The lowest BCUT2D eigenvalue weighted by atomic mass is 10.2. The number of benzene rings is 2. The maximum atomic E-state index is 12.9. The summed E-state index contributed by atoms with van der Waals surface area (Å²) >= 11 is 1.21. The molecule has 174 valence electrons. The first-order valence-corrected chi connectivity index (χ1v) is 12.7. The van der Waals surface area contributed by atoms with Crippen LogP contribution in [0.25, 0.3) is 5.69 Å². The third-order valence-electron chi connectivity index (χ3n) is 5.15. The molecule has 0 aliphatic carbocycles. The van der Waals surface area contributed by atoms with Crippen molar-refractivity contribution in [3.05, 3.63) is 54.1 Å². The van der Waals surface area contributed by atoms with E-state index in [2.05, 4.69) is 20.8 Å². The minimum absolute atomic E-state index is 0.131. The molecule has 0 radical (unpaired) electrons. The summed E-state index contributed by atoms with van der Waals surface area (Å²) in [6.07, 6.45) is 0. The number of rotatable bonds is 7. The third-order valence-corrected chi connectivity index (χ3v) is 8.07. The van der Waals surface area contributed by atoms with E-state index in [9.17, 15) is 13.2 Å². The second kappa shape index (κ2) is 10.00. The van der Waals surface area contributed by atoms with Crippen LogP contribution in [-0.2, 0) is 19.6 Å². The number of nitrogens with zero attached hydrogens (tertiary/aromatic N) is 5. The molecule has 2 heterocycles. The smallest absolute Gasteiger partial charge is 0.243 e. The number of carbonyl (C=O) groups is 1. The van der Waals surface area contributed by atoms with Crippen LogP contribution in [0.15, 0.2) is 58.6 Å². The van der Waals surface area contributed by atoms with Crippen LogP contribution >= 0.6 is 11.8 Å². The Kier molecular flexibility index (Phi) is 7.08. The predicted octanol–water partition coefficient (Wildman–Crippen LogP) is 2.11. The van der Waals surface area contributed by atoms with E-state index in [-0.39, 0.29) is 10.8 Å². The van der Waals surface area contributed by atoms with Gasteiger partial charge in [0.25, 0.3) is 0 Å². The first-order chi connectivity index (χ1) is 15.9. The number of anilines is 1. The standard InChI is InChI=1S/C21H24N6O4S2/c1-15-6-3-4-9-19(15)27-21(23-24-25-27)32-16(2)20(28)22-17-7-5-8-18(14-17)33(29,30)26-10-12-31-13-11-26/h3-9,14,16H,10-13H2,1-2H3,(H,22,28). The fourth-order valence-corrected chi connectivity index (χ4v) is 5.59. The molecule has 10 nitrogen and oxygen atoms in total. The van der Waals surface area contributed by atoms with Crippen molar-refractivity contribution in [1.29, 1.82) is 0 Å². The van der Waals surface area contributed by atoms with Gasteiger partial charge in [0, 0.05) is 18.8 Å². The molecule has 0 spiro atoms. The van der Waals surface area contributed by atoms with Gasteiger partial charge in [-0.3, -0.25) is 4.79 Å². The zero-order chi connectivity index (χ0) is 23.4. The number of carbonyl (C=O) groups excluding carboxylic acids is 1. The van der Waals surface area contributed by atoms with Gasteiger partial charge in [-0.25, -0.2) is 8.42 Å². The second-order valence-corrected chi connectivity index (χ2v) is 10.7. The molecule has 1 aliphatic rings. The minimum atomic E-state index is -3.65. The van der Waals surface area contributed by atoms with Crippen LogP contribution < -0.4 is 5.32 Å². The van der Waals surface area contributed by atoms with E-state index in [1.165, 1.54) is 28.2 Å². The van der Waals surface area contributed by atoms with E-state index < -0.39 is 15.3 Å². The minimum Gasteiger partial charge on any atom is -0.379 e. The number of tetrazole rings is 1. The SMILES string of the molecule is Cc1ccccc1-n1nnnc1SC(C)C(=O)Nc1cccc(S(=O)(=O)N2CCOCC2)c1. The fraction of sp³-hybridized carbons (Fsp3) is 0.333. The summed E-state index contributed by atoms with van der Waals surface area (Å²) in [5.74, 6) is -0.291. The summed E-state index contributed by atoms with van der Waals surface area (Å²) in [5.41, 5.74) is 2.24. The largest absolute Gasteiger partial charge is 0.379 e. The van der Waals surface area contributed by atoms with E-state index in [4.69, 9.17) is 4.74 Å². The van der Waals surface area contributed by atoms with Crippen molar-refractivity contribution in [2.24, 2.45) is 0 Å². The molecule has 2 aromatic carbocycles. The average molecular weight is 489 g/mol. The molecule has 0 bridgehead atoms. The van der Waals surface area contributed by atoms with Gasteiger partial charge in [0.05, 0.1) is 29.0 Å². The molecule has 1 saturated heterocycles. The van der Waals surface area contributed by atoms with Crippen LogP contribution in [-0.4, -0.2) is 70.4 Å². The molecule has 1 aliphatic heterocycles. The summed E-state index contributed by atoms with van der Waals surface area (Å²) in [7, 11) is -3.65.